The van der Waals surface area contributed by atoms with Crippen LogP contribution in [-0.4, -0.2) is 33.8 Å². The molecule has 1 aromatic heterocycles. The van der Waals surface area contributed by atoms with E-state index in [9.17, 15) is 0 Å². The van der Waals surface area contributed by atoms with Crippen molar-refractivity contribution < 1.29 is 9.47 Å². The molecule has 6 N–H and O–H groups in total. The lowest BCUT2D eigenvalue weighted by Gasteiger charge is -2.30. The first-order valence-corrected chi connectivity index (χ1v) is 11.8. The van der Waals surface area contributed by atoms with E-state index < -0.39 is 0 Å². The maximum atomic E-state index is 6.23. The third kappa shape index (κ3) is 6.17. The Labute approximate surface area is 219 Å². The van der Waals surface area contributed by atoms with Crippen LogP contribution in [0.25, 0.3) is 0 Å². The Morgan fingerprint density at radius 3 is 2.37 bits per heavy atom. The van der Waals surface area contributed by atoms with Crippen molar-refractivity contribution in [3.63, 3.8) is 0 Å². The second kappa shape index (κ2) is 11.0. The van der Waals surface area contributed by atoms with Crippen LogP contribution in [0.1, 0.15) is 36.6 Å². The highest BCUT2D eigenvalue weighted by atomic mass is 35.5. The summed E-state index contributed by atoms with van der Waals surface area (Å²) in [7, 11) is 0. The van der Waals surface area contributed by atoms with Crippen LogP contribution >= 0.6 is 35.6 Å². The van der Waals surface area contributed by atoms with E-state index in [1.807, 2.05) is 24.3 Å². The Morgan fingerprint density at radius 2 is 1.60 bits per heavy atom. The molecule has 2 aliphatic rings. The molecule has 0 radical (unpaired) electrons. The number of nitrogens with two attached hydrogens (primary N) is 2. The van der Waals surface area contributed by atoms with Gasteiger partial charge in [-0.2, -0.15) is 15.0 Å². The largest absolute Gasteiger partial charge is 0.454 e. The molecule has 2 aromatic carbocycles. The molecule has 1 unspecified atom stereocenters. The zero-order valence-electron chi connectivity index (χ0n) is 18.7. The summed E-state index contributed by atoms with van der Waals surface area (Å²) in [5.74, 6) is 2.99. The molecule has 186 valence electrons. The van der Waals surface area contributed by atoms with E-state index in [0.29, 0.717) is 40.0 Å². The molecule has 35 heavy (non-hydrogen) atoms. The van der Waals surface area contributed by atoms with Crippen LogP contribution in [0.3, 0.4) is 0 Å². The Kier molecular flexibility index (Phi) is 8.03. The zero-order valence-corrected chi connectivity index (χ0v) is 21.0. The van der Waals surface area contributed by atoms with Crippen LogP contribution in [0.15, 0.2) is 36.4 Å². The van der Waals surface area contributed by atoms with Gasteiger partial charge >= 0.3 is 0 Å². The minimum Gasteiger partial charge on any atom is -0.454 e. The SMILES string of the molecule is Cl.N[C@@H]1CC(c2nc(NCc3ccc4c(c3)OCO4)nc(Nc3ccc(Cl)c(Cl)c3)n2)C[C@H](N)C1. The van der Waals surface area contributed by atoms with Crippen LogP contribution in [0, 0.1) is 0 Å². The lowest BCUT2D eigenvalue weighted by molar-refractivity contribution is 0.174. The number of nitrogens with one attached hydrogen (secondary N) is 2. The molecule has 1 saturated carbocycles. The topological polar surface area (TPSA) is 133 Å². The normalized spacial score (nSPS) is 20.7. The standard InChI is InChI=1S/C23H25Cl2N7O2.ClH/c24-17-3-2-16(9-18(17)25)29-23-31-21(13-6-14(26)8-15(27)7-13)30-22(32-23)28-10-12-1-4-19-20(5-12)34-11-33-19;/h1-5,9,13-15H,6-8,10-11,26-27H2,(H2,28,29,30,31,32);1H/t13?,14-,15+;. The lowest BCUT2D eigenvalue weighted by Crippen LogP contribution is -2.39. The molecule has 0 spiro atoms. The quantitative estimate of drug-likeness (QED) is 0.355. The van der Waals surface area contributed by atoms with E-state index in [1.165, 1.54) is 0 Å². The molecule has 2 heterocycles. The Morgan fingerprint density at radius 1 is 0.857 bits per heavy atom. The molecule has 1 aliphatic carbocycles. The second-order valence-electron chi connectivity index (χ2n) is 8.56. The molecule has 9 nitrogen and oxygen atoms in total. The third-order valence-corrected chi connectivity index (χ3v) is 6.60. The van der Waals surface area contributed by atoms with Crippen molar-refractivity contribution in [2.75, 3.05) is 17.4 Å². The first-order valence-electron chi connectivity index (χ1n) is 11.0. The molecule has 0 amide bonds. The monoisotopic (exact) mass is 537 g/mol. The van der Waals surface area contributed by atoms with Gasteiger partial charge in [-0.15, -0.1) is 12.4 Å². The van der Waals surface area contributed by atoms with E-state index >= 15 is 0 Å². The number of benzene rings is 2. The predicted molar refractivity (Wildman–Crippen MR) is 139 cm³/mol. The summed E-state index contributed by atoms with van der Waals surface area (Å²) >= 11 is 12.2. The van der Waals surface area contributed by atoms with Gasteiger partial charge in [-0.3, -0.25) is 0 Å². The van der Waals surface area contributed by atoms with Gasteiger partial charge in [0.25, 0.3) is 0 Å². The predicted octanol–water partition coefficient (Wildman–Crippen LogP) is 4.61. The lowest BCUT2D eigenvalue weighted by atomic mass is 9.83. The van der Waals surface area contributed by atoms with Gasteiger partial charge in [0.2, 0.25) is 18.7 Å². The summed E-state index contributed by atoms with van der Waals surface area (Å²) in [5.41, 5.74) is 14.2. The maximum absolute atomic E-state index is 6.23. The second-order valence-corrected chi connectivity index (χ2v) is 9.37. The number of nitrogens with zero attached hydrogens (tertiary/aromatic N) is 3. The molecular weight excluding hydrogens is 513 g/mol. The molecule has 5 rings (SSSR count). The highest BCUT2D eigenvalue weighted by molar-refractivity contribution is 6.42. The number of anilines is 3. The Bertz CT molecular complexity index is 1190. The van der Waals surface area contributed by atoms with Gasteiger partial charge in [0.1, 0.15) is 5.82 Å². The number of hydrogen-bond acceptors (Lipinski definition) is 9. The molecule has 1 fully saturated rings. The van der Waals surface area contributed by atoms with Gasteiger partial charge < -0.3 is 31.6 Å². The fourth-order valence-corrected chi connectivity index (χ4v) is 4.56. The van der Waals surface area contributed by atoms with Gasteiger partial charge in [0, 0.05) is 30.2 Å². The van der Waals surface area contributed by atoms with Crippen LogP contribution in [0.5, 0.6) is 11.5 Å². The number of ether oxygens (including phenoxy) is 2. The van der Waals surface area contributed by atoms with Crippen LogP contribution < -0.4 is 31.6 Å². The van der Waals surface area contributed by atoms with Crippen LogP contribution in [-0.2, 0) is 6.54 Å². The summed E-state index contributed by atoms with van der Waals surface area (Å²) in [4.78, 5) is 13.9. The first kappa shape index (κ1) is 25.5. The van der Waals surface area contributed by atoms with E-state index in [0.717, 1.165) is 36.3 Å². The highest BCUT2D eigenvalue weighted by Crippen LogP contribution is 2.34. The minimum absolute atomic E-state index is 0. The summed E-state index contributed by atoms with van der Waals surface area (Å²) in [6.07, 6.45) is 2.34. The minimum atomic E-state index is 0. The van der Waals surface area contributed by atoms with Crippen molar-refractivity contribution in [1.29, 1.82) is 0 Å². The van der Waals surface area contributed by atoms with Gasteiger partial charge in [-0.1, -0.05) is 29.3 Å². The van der Waals surface area contributed by atoms with Gasteiger partial charge in [-0.05, 0) is 55.2 Å². The molecule has 0 saturated heterocycles. The van der Waals surface area contributed by atoms with Gasteiger partial charge in [-0.25, -0.2) is 0 Å². The van der Waals surface area contributed by atoms with Crippen molar-refractivity contribution in [2.24, 2.45) is 11.5 Å². The Hall–Kier alpha value is -2.56. The number of rotatable bonds is 6. The Balaban J connectivity index is 0.00000289. The van der Waals surface area contributed by atoms with E-state index in [4.69, 9.17) is 49.1 Å². The van der Waals surface area contributed by atoms with E-state index in [-0.39, 0.29) is 37.2 Å². The van der Waals surface area contributed by atoms with Crippen molar-refractivity contribution in [2.45, 2.75) is 43.8 Å². The van der Waals surface area contributed by atoms with Crippen molar-refractivity contribution in [3.05, 3.63) is 57.8 Å². The summed E-state index contributed by atoms with van der Waals surface area (Å²) < 4.78 is 10.9. The molecule has 0 bridgehead atoms. The molecular formula is C23H26Cl3N7O2. The third-order valence-electron chi connectivity index (χ3n) is 5.86. The maximum Gasteiger partial charge on any atom is 0.232 e. The van der Waals surface area contributed by atoms with Gasteiger partial charge in [0.15, 0.2) is 11.5 Å². The van der Waals surface area contributed by atoms with Crippen LogP contribution in [0.2, 0.25) is 10.0 Å². The van der Waals surface area contributed by atoms with E-state index in [2.05, 4.69) is 20.6 Å². The molecule has 1 aliphatic heterocycles. The fourth-order valence-electron chi connectivity index (χ4n) is 4.26. The molecule has 3 aromatic rings. The number of aromatic nitrogens is 3. The first-order chi connectivity index (χ1) is 16.4. The van der Waals surface area contributed by atoms with Crippen molar-refractivity contribution in [1.82, 2.24) is 15.0 Å². The van der Waals surface area contributed by atoms with Crippen molar-refractivity contribution >= 4 is 53.2 Å². The van der Waals surface area contributed by atoms with Gasteiger partial charge in [0.05, 0.1) is 10.0 Å². The van der Waals surface area contributed by atoms with Crippen molar-refractivity contribution in [3.8, 4) is 11.5 Å². The average Bonchev–Trinajstić information content (AvgIpc) is 3.27. The fraction of sp³-hybridized carbons (Fsp3) is 0.348. The van der Waals surface area contributed by atoms with E-state index in [1.54, 1.807) is 12.1 Å². The number of fused-ring (bicyclic) bond motifs is 1. The van der Waals surface area contributed by atoms with Crippen LogP contribution in [0.4, 0.5) is 17.6 Å². The number of hydrogen-bond donors (Lipinski definition) is 4. The zero-order chi connectivity index (χ0) is 23.7. The molecule has 3 atom stereocenters. The molecule has 12 heteroatoms. The number of halogens is 3. The average molecular weight is 539 g/mol. The summed E-state index contributed by atoms with van der Waals surface area (Å²) in [6.45, 7) is 0.731. The summed E-state index contributed by atoms with van der Waals surface area (Å²) in [6, 6.07) is 11.1. The summed E-state index contributed by atoms with van der Waals surface area (Å²) in [5, 5.41) is 7.40. The smallest absolute Gasteiger partial charge is 0.232 e. The highest BCUT2D eigenvalue weighted by Gasteiger charge is 2.28.